The summed E-state index contributed by atoms with van der Waals surface area (Å²) in [6, 6.07) is 153. The number of hydrogen-bond donors (Lipinski definition) is 0. The Morgan fingerprint density at radius 2 is 0.496 bits per heavy atom. The molecule has 0 atom stereocenters. The molecule has 7 heterocycles. The molecule has 0 amide bonds. The lowest BCUT2D eigenvalue weighted by Gasteiger charge is -2.22. The number of para-hydroxylation sites is 3. The molecule has 139 heavy (non-hydrogen) atoms. The van der Waals surface area contributed by atoms with Crippen LogP contribution in [0.2, 0.25) is 0 Å². The Kier molecular flexibility index (Phi) is 19.2. The summed E-state index contributed by atoms with van der Waals surface area (Å²) in [6.07, 6.45) is 0. The molecule has 12 heteroatoms. The lowest BCUT2D eigenvalue weighted by Crippen LogP contribution is -2.15. The van der Waals surface area contributed by atoms with E-state index in [9.17, 15) is 0 Å². The van der Waals surface area contributed by atoms with Gasteiger partial charge in [0, 0.05) is 113 Å². The highest BCUT2D eigenvalue weighted by molar-refractivity contribution is 7.26. The molecule has 0 fully saturated rings. The van der Waals surface area contributed by atoms with Crippen molar-refractivity contribution in [2.75, 3.05) is 0 Å². The van der Waals surface area contributed by atoms with E-state index < -0.39 is 0 Å². The van der Waals surface area contributed by atoms with Crippen LogP contribution in [0.15, 0.2) is 431 Å². The maximum Gasteiger partial charge on any atom is 0.238 e. The first-order valence-electron chi connectivity index (χ1n) is 47.5. The highest BCUT2D eigenvalue weighted by Crippen LogP contribution is 2.56. The highest BCUT2D eigenvalue weighted by Gasteiger charge is 2.41. The molecule has 0 spiro atoms. The second-order valence-electron chi connectivity index (χ2n) is 38.1. The molecule has 0 aliphatic heterocycles. The monoisotopic (exact) mass is 1800 g/mol. The Hall–Kier alpha value is -17.3. The number of benzene rings is 18. The Bertz CT molecular complexity index is 9090. The van der Waals surface area contributed by atoms with E-state index in [0.717, 1.165) is 78.1 Å². The van der Waals surface area contributed by atoms with E-state index in [2.05, 4.69) is 377 Å². The van der Waals surface area contributed by atoms with Crippen LogP contribution in [0.4, 0.5) is 0 Å². The van der Waals surface area contributed by atoms with Gasteiger partial charge in [-0.2, -0.15) is 19.9 Å². The van der Waals surface area contributed by atoms with E-state index in [1.807, 2.05) is 121 Å². The van der Waals surface area contributed by atoms with Gasteiger partial charge < -0.3 is 4.57 Å². The largest absolute Gasteiger partial charge is 0.309 e. The van der Waals surface area contributed by atoms with Crippen LogP contribution in [-0.2, 0) is 16.2 Å². The van der Waals surface area contributed by atoms with E-state index >= 15 is 0 Å². The maximum absolute atomic E-state index is 5.17. The molecule has 0 saturated carbocycles. The molecule has 658 valence electrons. The summed E-state index contributed by atoms with van der Waals surface area (Å²) in [5, 5.41) is 9.97. The van der Waals surface area contributed by atoms with Crippen molar-refractivity contribution >= 4 is 96.9 Å². The first kappa shape index (κ1) is 82.4. The summed E-state index contributed by atoms with van der Waals surface area (Å²) in [7, 11) is 0. The van der Waals surface area contributed by atoms with Gasteiger partial charge in [0.1, 0.15) is 0 Å². The minimum absolute atomic E-state index is 0.0438. The molecule has 28 rings (SSSR count). The molecule has 3 aliphatic rings. The lowest BCUT2D eigenvalue weighted by molar-refractivity contribution is 0.661. The summed E-state index contributed by atoms with van der Waals surface area (Å²) < 4.78 is 9.51. The molecule has 3 aliphatic carbocycles. The number of aromatic nitrogens is 11. The van der Waals surface area contributed by atoms with Gasteiger partial charge in [0.15, 0.2) is 29.1 Å². The lowest BCUT2D eigenvalue weighted by atomic mass is 9.81. The molecule has 7 aromatic heterocycles. The van der Waals surface area contributed by atoms with Crippen molar-refractivity contribution in [2.45, 2.75) is 57.8 Å². The maximum atomic E-state index is 5.17. The number of rotatable bonds is 11. The van der Waals surface area contributed by atoms with Crippen molar-refractivity contribution in [3.05, 3.63) is 464 Å². The normalized spacial score (nSPS) is 13.3. The molecule has 25 aromatic rings. The third kappa shape index (κ3) is 13.6. The van der Waals surface area contributed by atoms with Gasteiger partial charge in [-0.25, -0.2) is 19.9 Å². The standard InChI is InChI=1S/C48H32N4S.C43H31N3.C36H26N4/c1-48(2)39-26-31(32-20-13-21-36-35-19-10-12-23-43(35)53-44(32)36)24-25-33(39)37-28-42-38(27-40(37)48)34-18-9-11-22-41(34)52(42)47-50-45(29-14-5-3-6-15-29)49-46(51-47)30-16-7-4-8-17-30;1-43(2)36-19-11-9-17-32(36)34-26-41-35(25-37(34)43)33-18-10-12-20-40(33)46(41)31-23-21-30(22-24-31)42-44-38(28-13-5-3-6-14-28)27-39(45-42)29-15-7-4-8-16-29;1-36(2)29-19-11-9-17-25(29)27-22-32-28(21-30(27)36)26-18-10-12-20-31(26)40(32)35-38-33(23-13-5-3-6-14-23)37-34(39-35)24-15-7-4-8-16-24/h3-28H,1-2H3;3-27H,1-2H3;3-22H,1-2H3. The summed E-state index contributed by atoms with van der Waals surface area (Å²) >= 11 is 1.89. The van der Waals surface area contributed by atoms with Crippen LogP contribution < -0.4 is 0 Å². The van der Waals surface area contributed by atoms with Crippen molar-refractivity contribution in [2.24, 2.45) is 0 Å². The van der Waals surface area contributed by atoms with Crippen LogP contribution in [0.5, 0.6) is 0 Å². The van der Waals surface area contributed by atoms with Crippen LogP contribution >= 0.6 is 11.3 Å². The Labute approximate surface area is 808 Å². The molecular weight excluding hydrogens is 1710 g/mol. The van der Waals surface area contributed by atoms with Gasteiger partial charge in [0.05, 0.1) is 44.5 Å². The molecule has 0 radical (unpaired) electrons. The third-order valence-electron chi connectivity index (χ3n) is 29.0. The highest BCUT2D eigenvalue weighted by atomic mass is 32.1. The van der Waals surface area contributed by atoms with E-state index in [1.165, 1.54) is 141 Å². The predicted octanol–water partition coefficient (Wildman–Crippen LogP) is 32.1. The van der Waals surface area contributed by atoms with Crippen molar-refractivity contribution in [1.29, 1.82) is 0 Å². The average Bonchev–Trinajstić information content (AvgIpc) is 1.55. The minimum atomic E-state index is -0.194. The van der Waals surface area contributed by atoms with E-state index in [4.69, 9.17) is 39.9 Å². The number of thiophene rings is 1. The summed E-state index contributed by atoms with van der Waals surface area (Å²) in [5.74, 6) is 4.54. The fraction of sp³-hybridized carbons (Fsp3) is 0.0709. The molecular formula is C127H89N11S. The van der Waals surface area contributed by atoms with Crippen molar-refractivity contribution in [3.63, 3.8) is 0 Å². The number of hydrogen-bond acceptors (Lipinski definition) is 9. The molecule has 18 aromatic carbocycles. The van der Waals surface area contributed by atoms with Crippen LogP contribution in [0.1, 0.15) is 74.9 Å². The summed E-state index contributed by atoms with van der Waals surface area (Å²) in [5.41, 5.74) is 34.8. The van der Waals surface area contributed by atoms with E-state index in [0.29, 0.717) is 41.0 Å². The van der Waals surface area contributed by atoms with Crippen LogP contribution in [0, 0.1) is 0 Å². The molecule has 11 nitrogen and oxygen atoms in total. The predicted molar refractivity (Wildman–Crippen MR) is 574 cm³/mol. The van der Waals surface area contributed by atoms with Gasteiger partial charge in [0.25, 0.3) is 0 Å². The van der Waals surface area contributed by atoms with Crippen LogP contribution in [0.3, 0.4) is 0 Å². The third-order valence-corrected chi connectivity index (χ3v) is 30.2. The van der Waals surface area contributed by atoms with Gasteiger partial charge in [-0.15, -0.1) is 11.3 Å². The molecule has 0 saturated heterocycles. The SMILES string of the molecule is CC1(C)c2cc(-c3cccc4c3sc3ccccc34)ccc2-c2cc3c(cc21)c1ccccc1n3-c1nc(-c2ccccc2)nc(-c2ccccc2)n1.CC1(C)c2ccccc2-c2cc3c(cc21)c1ccccc1n3-c1ccc(-c2nc(-c3ccccc3)cc(-c3ccccc3)n2)cc1.CC1(C)c2ccccc2-c2cc3c(cc21)c1ccccc1n3-c1nc(-c2ccccc2)nc(-c2ccccc2)n1. The van der Waals surface area contributed by atoms with Crippen molar-refractivity contribution < 1.29 is 0 Å². The molecule has 0 bridgehead atoms. The zero-order valence-corrected chi connectivity index (χ0v) is 78.1. The molecule has 0 unspecified atom stereocenters. The second-order valence-corrected chi connectivity index (χ2v) is 39.1. The fourth-order valence-electron chi connectivity index (χ4n) is 22.0. The zero-order valence-electron chi connectivity index (χ0n) is 77.3. The van der Waals surface area contributed by atoms with Crippen molar-refractivity contribution in [3.8, 4) is 142 Å². The topological polar surface area (TPSA) is 118 Å². The average molecular weight is 1800 g/mol. The van der Waals surface area contributed by atoms with Gasteiger partial charge in [-0.1, -0.05) is 375 Å². The Morgan fingerprint density at radius 1 is 0.187 bits per heavy atom. The summed E-state index contributed by atoms with van der Waals surface area (Å²) in [4.78, 5) is 40.5. The first-order chi connectivity index (χ1) is 68.2. The summed E-state index contributed by atoms with van der Waals surface area (Å²) in [6.45, 7) is 14.1. The van der Waals surface area contributed by atoms with Crippen LogP contribution in [-0.4, -0.2) is 53.6 Å². The quantitative estimate of drug-likeness (QED) is 0.126. The van der Waals surface area contributed by atoms with Gasteiger partial charge in [0.2, 0.25) is 11.9 Å². The van der Waals surface area contributed by atoms with E-state index in [1.54, 1.807) is 0 Å². The minimum Gasteiger partial charge on any atom is -0.309 e. The Balaban J connectivity index is 0.000000109. The van der Waals surface area contributed by atoms with Crippen molar-refractivity contribution in [1.82, 2.24) is 53.6 Å². The van der Waals surface area contributed by atoms with Gasteiger partial charge in [-0.3, -0.25) is 9.13 Å². The van der Waals surface area contributed by atoms with Crippen LogP contribution in [0.25, 0.3) is 227 Å². The van der Waals surface area contributed by atoms with E-state index in [-0.39, 0.29) is 16.2 Å². The molecule has 0 N–H and O–H groups in total. The number of nitrogens with zero attached hydrogens (tertiary/aromatic N) is 11. The first-order valence-corrected chi connectivity index (χ1v) is 48.3. The number of fused-ring (bicyclic) bond motifs is 21. The van der Waals surface area contributed by atoms with Gasteiger partial charge >= 0.3 is 0 Å². The zero-order chi connectivity index (χ0) is 92.9. The second kappa shape index (κ2) is 32.5. The van der Waals surface area contributed by atoms with Gasteiger partial charge in [-0.05, 0) is 175 Å². The smallest absolute Gasteiger partial charge is 0.238 e. The Morgan fingerprint density at radius 3 is 0.928 bits per heavy atom. The fourth-order valence-corrected chi connectivity index (χ4v) is 23.3.